The molecular weight excluding hydrogens is 335 g/mol. The van der Waals surface area contributed by atoms with Crippen LogP contribution in [0.5, 0.6) is 0 Å². The molecule has 1 heterocycles. The Hall–Kier alpha value is -1.31. The highest BCUT2D eigenvalue weighted by molar-refractivity contribution is 5.28. The van der Waals surface area contributed by atoms with Gasteiger partial charge in [-0.3, -0.25) is 0 Å². The predicted octanol–water partition coefficient (Wildman–Crippen LogP) is 7.84. The standard InChI is InChI=1S/C25H35FO/c1-17-3-6-19(7-4-17)20-8-10-21(11-9-20)22-12-14-23(15-13-22)24-16-5-18(2)25(26)27-24/h12-15,17,19-21,24H,3-11,16H2,1-2H3. The Morgan fingerprint density at radius 2 is 1.33 bits per heavy atom. The molecule has 2 fully saturated rings. The molecule has 0 N–H and O–H groups in total. The number of allylic oxidation sites excluding steroid dienone is 1. The molecule has 2 heteroatoms. The minimum Gasteiger partial charge on any atom is -0.463 e. The summed E-state index contributed by atoms with van der Waals surface area (Å²) in [5.74, 6) is 3.64. The van der Waals surface area contributed by atoms with Crippen LogP contribution in [0.4, 0.5) is 4.39 Å². The Morgan fingerprint density at radius 1 is 0.778 bits per heavy atom. The molecule has 0 radical (unpaired) electrons. The highest BCUT2D eigenvalue weighted by atomic mass is 19.1. The van der Waals surface area contributed by atoms with Gasteiger partial charge in [-0.15, -0.1) is 0 Å². The molecule has 4 rings (SSSR count). The summed E-state index contributed by atoms with van der Waals surface area (Å²) in [7, 11) is 0. The molecule has 0 saturated heterocycles. The topological polar surface area (TPSA) is 9.23 Å². The van der Waals surface area contributed by atoms with E-state index in [2.05, 4.69) is 31.2 Å². The van der Waals surface area contributed by atoms with Gasteiger partial charge in [0.1, 0.15) is 6.10 Å². The molecule has 1 atom stereocenters. The van der Waals surface area contributed by atoms with Crippen LogP contribution >= 0.6 is 0 Å². The fraction of sp³-hybridized carbons (Fsp3) is 0.680. The van der Waals surface area contributed by atoms with Crippen LogP contribution < -0.4 is 0 Å². The molecule has 0 amide bonds. The second kappa shape index (κ2) is 8.37. The maximum Gasteiger partial charge on any atom is 0.272 e. The van der Waals surface area contributed by atoms with E-state index in [1.165, 1.54) is 56.9 Å². The molecule has 1 aromatic carbocycles. The summed E-state index contributed by atoms with van der Waals surface area (Å²) in [6.07, 6.45) is 12.9. The molecule has 27 heavy (non-hydrogen) atoms. The van der Waals surface area contributed by atoms with E-state index < -0.39 is 0 Å². The van der Waals surface area contributed by atoms with Crippen molar-refractivity contribution in [3.63, 3.8) is 0 Å². The van der Waals surface area contributed by atoms with E-state index in [-0.39, 0.29) is 12.1 Å². The Bertz CT molecular complexity index is 645. The van der Waals surface area contributed by atoms with E-state index in [1.807, 2.05) is 6.92 Å². The van der Waals surface area contributed by atoms with Crippen LogP contribution in [0.2, 0.25) is 0 Å². The van der Waals surface area contributed by atoms with Gasteiger partial charge >= 0.3 is 0 Å². The summed E-state index contributed by atoms with van der Waals surface area (Å²) in [6.45, 7) is 4.24. The zero-order valence-electron chi connectivity index (χ0n) is 17.1. The average molecular weight is 371 g/mol. The van der Waals surface area contributed by atoms with Gasteiger partial charge < -0.3 is 4.74 Å². The highest BCUT2D eigenvalue weighted by Gasteiger charge is 2.30. The second-order valence-corrected chi connectivity index (χ2v) is 9.50. The first-order valence-electron chi connectivity index (χ1n) is 11.2. The van der Waals surface area contributed by atoms with E-state index in [0.29, 0.717) is 5.92 Å². The van der Waals surface area contributed by atoms with E-state index in [1.54, 1.807) is 0 Å². The lowest BCUT2D eigenvalue weighted by atomic mass is 9.68. The molecule has 2 saturated carbocycles. The lowest BCUT2D eigenvalue weighted by Crippen LogP contribution is -2.24. The molecule has 148 valence electrons. The molecule has 1 nitrogen and oxygen atoms in total. The Labute approximate surface area is 164 Å². The smallest absolute Gasteiger partial charge is 0.272 e. The van der Waals surface area contributed by atoms with Crippen molar-refractivity contribution in [2.75, 3.05) is 0 Å². The molecule has 1 aliphatic heterocycles. The number of hydrogen-bond donors (Lipinski definition) is 0. The third-order valence-corrected chi connectivity index (χ3v) is 7.64. The first-order valence-corrected chi connectivity index (χ1v) is 11.2. The lowest BCUT2D eigenvalue weighted by molar-refractivity contribution is 0.0442. The molecular formula is C25H35FO. The van der Waals surface area contributed by atoms with Gasteiger partial charge in [0.15, 0.2) is 0 Å². The van der Waals surface area contributed by atoms with Gasteiger partial charge in [-0.2, -0.15) is 4.39 Å². The van der Waals surface area contributed by atoms with Gasteiger partial charge in [-0.25, -0.2) is 0 Å². The number of hydrogen-bond acceptors (Lipinski definition) is 1. The van der Waals surface area contributed by atoms with Gasteiger partial charge in [0, 0.05) is 0 Å². The maximum absolute atomic E-state index is 13.8. The van der Waals surface area contributed by atoms with Crippen LogP contribution in [0, 0.1) is 17.8 Å². The average Bonchev–Trinajstić information content (AvgIpc) is 2.71. The Morgan fingerprint density at radius 3 is 1.93 bits per heavy atom. The maximum atomic E-state index is 13.8. The van der Waals surface area contributed by atoms with Crippen molar-refractivity contribution >= 4 is 0 Å². The van der Waals surface area contributed by atoms with Crippen molar-refractivity contribution in [1.29, 1.82) is 0 Å². The number of ether oxygens (including phenoxy) is 1. The van der Waals surface area contributed by atoms with Crippen LogP contribution in [0.15, 0.2) is 35.9 Å². The SMILES string of the molecule is CC1=C(F)OC(c2ccc(C3CCC(C4CCC(C)CC4)CC3)cc2)CC1. The molecule has 2 aliphatic carbocycles. The van der Waals surface area contributed by atoms with E-state index in [0.717, 1.165) is 41.7 Å². The summed E-state index contributed by atoms with van der Waals surface area (Å²) in [5, 5.41) is 0. The Balaban J connectivity index is 1.31. The molecule has 1 aromatic rings. The number of benzene rings is 1. The first-order chi connectivity index (χ1) is 13.1. The van der Waals surface area contributed by atoms with Crippen LogP contribution in [-0.4, -0.2) is 0 Å². The van der Waals surface area contributed by atoms with E-state index in [4.69, 9.17) is 4.74 Å². The quantitative estimate of drug-likeness (QED) is 0.526. The predicted molar refractivity (Wildman–Crippen MR) is 109 cm³/mol. The van der Waals surface area contributed by atoms with E-state index in [9.17, 15) is 4.39 Å². The summed E-state index contributed by atoms with van der Waals surface area (Å²) in [4.78, 5) is 0. The summed E-state index contributed by atoms with van der Waals surface area (Å²) < 4.78 is 19.2. The minimum absolute atomic E-state index is 0.118. The summed E-state index contributed by atoms with van der Waals surface area (Å²) >= 11 is 0. The van der Waals surface area contributed by atoms with Gasteiger partial charge in [-0.1, -0.05) is 44.0 Å². The summed E-state index contributed by atoms with van der Waals surface area (Å²) in [5.41, 5.74) is 3.33. The molecule has 0 aromatic heterocycles. The molecule has 0 bridgehead atoms. The van der Waals surface area contributed by atoms with Crippen LogP contribution in [0.25, 0.3) is 0 Å². The van der Waals surface area contributed by atoms with Crippen molar-refractivity contribution in [3.05, 3.63) is 47.0 Å². The van der Waals surface area contributed by atoms with Crippen molar-refractivity contribution < 1.29 is 9.13 Å². The van der Waals surface area contributed by atoms with Gasteiger partial charge in [0.05, 0.1) is 0 Å². The Kier molecular flexibility index (Phi) is 5.90. The monoisotopic (exact) mass is 370 g/mol. The summed E-state index contributed by atoms with van der Waals surface area (Å²) in [6, 6.07) is 8.51. The van der Waals surface area contributed by atoms with Crippen LogP contribution in [0.3, 0.4) is 0 Å². The molecule has 0 spiro atoms. The van der Waals surface area contributed by atoms with Crippen molar-refractivity contribution in [2.24, 2.45) is 17.8 Å². The normalized spacial score (nSPS) is 35.0. The minimum atomic E-state index is -0.370. The van der Waals surface area contributed by atoms with Crippen molar-refractivity contribution in [2.45, 2.75) is 90.1 Å². The molecule has 1 unspecified atom stereocenters. The van der Waals surface area contributed by atoms with Gasteiger partial charge in [-0.05, 0) is 98.7 Å². The van der Waals surface area contributed by atoms with Crippen molar-refractivity contribution in [1.82, 2.24) is 0 Å². The molecule has 3 aliphatic rings. The number of rotatable bonds is 3. The number of halogens is 1. The fourth-order valence-corrected chi connectivity index (χ4v) is 5.63. The van der Waals surface area contributed by atoms with Crippen molar-refractivity contribution in [3.8, 4) is 0 Å². The van der Waals surface area contributed by atoms with E-state index >= 15 is 0 Å². The van der Waals surface area contributed by atoms with Crippen LogP contribution in [-0.2, 0) is 4.74 Å². The lowest BCUT2D eigenvalue weighted by Gasteiger charge is -2.37. The fourth-order valence-electron chi connectivity index (χ4n) is 5.63. The van der Waals surface area contributed by atoms with Gasteiger partial charge in [0.2, 0.25) is 0 Å². The third kappa shape index (κ3) is 4.41. The zero-order chi connectivity index (χ0) is 18.8. The zero-order valence-corrected chi connectivity index (χ0v) is 17.1. The highest BCUT2D eigenvalue weighted by Crippen LogP contribution is 2.44. The van der Waals surface area contributed by atoms with Gasteiger partial charge in [0.25, 0.3) is 6.01 Å². The second-order valence-electron chi connectivity index (χ2n) is 9.50. The first kappa shape index (κ1) is 19.0. The third-order valence-electron chi connectivity index (χ3n) is 7.64. The largest absolute Gasteiger partial charge is 0.463 e. The van der Waals surface area contributed by atoms with Crippen LogP contribution in [0.1, 0.15) is 101 Å².